The Morgan fingerprint density at radius 2 is 2.10 bits per heavy atom. The van der Waals surface area contributed by atoms with Gasteiger partial charge in [-0.1, -0.05) is 13.8 Å². The van der Waals surface area contributed by atoms with Crippen LogP contribution >= 0.6 is 11.8 Å². The third-order valence-electron chi connectivity index (χ3n) is 4.55. The number of hydrogen-bond donors (Lipinski definition) is 2. The molecule has 0 saturated carbocycles. The molecule has 1 aromatic rings. The fraction of sp³-hybridized carbons (Fsp3) is 0.529. The summed E-state index contributed by atoms with van der Waals surface area (Å²) >= 11 is 1.42. The molecule has 0 aromatic carbocycles. The number of rotatable bonds is 6. The minimum Gasteiger partial charge on any atom is -0.351 e. The summed E-state index contributed by atoms with van der Waals surface area (Å²) in [6.07, 6.45) is 1.13. The highest BCUT2D eigenvalue weighted by Gasteiger charge is 2.54. The van der Waals surface area contributed by atoms with Gasteiger partial charge in [0.1, 0.15) is 23.3 Å². The van der Waals surface area contributed by atoms with Crippen LogP contribution in [-0.2, 0) is 16.6 Å². The second-order valence-electron chi connectivity index (χ2n) is 7.39. The van der Waals surface area contributed by atoms with Crippen molar-refractivity contribution in [3.63, 3.8) is 0 Å². The van der Waals surface area contributed by atoms with Crippen molar-refractivity contribution in [1.29, 1.82) is 0 Å². The lowest BCUT2D eigenvalue weighted by Crippen LogP contribution is -2.71. The Labute approximate surface area is 171 Å². The van der Waals surface area contributed by atoms with Gasteiger partial charge in [0.25, 0.3) is 17.7 Å². The molecule has 12 heteroatoms. The van der Waals surface area contributed by atoms with E-state index >= 15 is 0 Å². The molecule has 2 atom stereocenters. The van der Waals surface area contributed by atoms with Gasteiger partial charge in [-0.05, 0) is 18.4 Å². The summed E-state index contributed by atoms with van der Waals surface area (Å²) in [6, 6.07) is -0.880. The largest absolute Gasteiger partial charge is 0.351 e. The summed E-state index contributed by atoms with van der Waals surface area (Å²) in [5.41, 5.74) is 0.306. The van der Waals surface area contributed by atoms with Crippen LogP contribution in [0.25, 0.3) is 0 Å². The average molecular weight is 422 g/mol. The van der Waals surface area contributed by atoms with Crippen LogP contribution in [0.3, 0.4) is 0 Å². The summed E-state index contributed by atoms with van der Waals surface area (Å²) in [6.45, 7) is 6.22. The Balaban J connectivity index is 1.75. The van der Waals surface area contributed by atoms with Gasteiger partial charge in [-0.25, -0.2) is 0 Å². The van der Waals surface area contributed by atoms with Gasteiger partial charge in [-0.2, -0.15) is 5.10 Å². The molecule has 2 aliphatic heterocycles. The molecule has 3 rings (SSSR count). The quantitative estimate of drug-likeness (QED) is 0.384. The number of aryl methyl sites for hydroxylation is 1. The molecule has 0 bridgehead atoms. The van der Waals surface area contributed by atoms with Gasteiger partial charge in [-0.15, -0.1) is 11.8 Å². The average Bonchev–Trinajstić information content (AvgIpc) is 3.06. The van der Waals surface area contributed by atoms with E-state index in [0.717, 1.165) is 11.8 Å². The molecule has 0 spiro atoms. The van der Waals surface area contributed by atoms with E-state index in [1.54, 1.807) is 6.92 Å². The summed E-state index contributed by atoms with van der Waals surface area (Å²) in [5.74, 6) is -0.743. The lowest BCUT2D eigenvalue weighted by molar-refractivity contribution is -0.385. The lowest BCUT2D eigenvalue weighted by atomic mass is 10.0. The number of aromatic nitrogens is 2. The Morgan fingerprint density at radius 3 is 2.72 bits per heavy atom. The molecule has 2 N–H and O–H groups in total. The van der Waals surface area contributed by atoms with Gasteiger partial charge in [0.15, 0.2) is 0 Å². The first-order valence-electron chi connectivity index (χ1n) is 9.03. The Hall–Kier alpha value is -2.89. The molecule has 29 heavy (non-hydrogen) atoms. The maximum absolute atomic E-state index is 12.7. The van der Waals surface area contributed by atoms with Crippen molar-refractivity contribution < 1.29 is 19.3 Å². The van der Waals surface area contributed by atoms with Gasteiger partial charge < -0.3 is 10.6 Å². The highest BCUT2D eigenvalue weighted by molar-refractivity contribution is 8.00. The molecule has 0 aliphatic carbocycles. The fourth-order valence-electron chi connectivity index (χ4n) is 3.15. The monoisotopic (exact) mass is 422 g/mol. The number of fused-ring (bicyclic) bond motifs is 1. The van der Waals surface area contributed by atoms with Crippen molar-refractivity contribution >= 4 is 35.2 Å². The first-order chi connectivity index (χ1) is 13.6. The molecular formula is C17H22N6O5S. The maximum atomic E-state index is 12.7. The summed E-state index contributed by atoms with van der Waals surface area (Å²) in [7, 11) is 1.46. The zero-order chi connectivity index (χ0) is 21.5. The number of amides is 3. The number of carbonyl (C=O) groups excluding carboxylic acids is 3. The van der Waals surface area contributed by atoms with E-state index in [2.05, 4.69) is 15.7 Å². The first kappa shape index (κ1) is 20.8. The van der Waals surface area contributed by atoms with Crippen LogP contribution in [0.1, 0.15) is 31.3 Å². The number of hydrogen-bond acceptors (Lipinski definition) is 7. The van der Waals surface area contributed by atoms with E-state index in [1.165, 1.54) is 28.4 Å². The van der Waals surface area contributed by atoms with Crippen LogP contribution in [0, 0.1) is 16.0 Å². The van der Waals surface area contributed by atoms with Crippen LogP contribution in [0.5, 0.6) is 0 Å². The maximum Gasteiger partial charge on any atom is 0.320 e. The van der Waals surface area contributed by atoms with E-state index < -0.39 is 33.8 Å². The molecule has 1 saturated heterocycles. The highest BCUT2D eigenvalue weighted by atomic mass is 32.2. The van der Waals surface area contributed by atoms with Gasteiger partial charge in [0, 0.05) is 19.3 Å². The minimum absolute atomic E-state index is 0.266. The second-order valence-corrected chi connectivity index (χ2v) is 8.49. The van der Waals surface area contributed by atoms with Gasteiger partial charge in [0.05, 0.1) is 4.92 Å². The summed E-state index contributed by atoms with van der Waals surface area (Å²) in [4.78, 5) is 49.6. The van der Waals surface area contributed by atoms with Crippen molar-refractivity contribution in [1.82, 2.24) is 25.3 Å². The predicted octanol–water partition coefficient (Wildman–Crippen LogP) is 0.388. The Kier molecular flexibility index (Phi) is 5.64. The van der Waals surface area contributed by atoms with Gasteiger partial charge in [-0.3, -0.25) is 34.1 Å². The number of thioether (sulfide) groups is 1. The molecular weight excluding hydrogens is 400 g/mol. The van der Waals surface area contributed by atoms with Crippen molar-refractivity contribution in [2.75, 3.05) is 12.3 Å². The number of β-lactam (4-membered cyclic amide) rings is 1. The van der Waals surface area contributed by atoms with Gasteiger partial charge >= 0.3 is 5.69 Å². The van der Waals surface area contributed by atoms with Gasteiger partial charge in [0.2, 0.25) is 5.69 Å². The molecule has 3 heterocycles. The lowest BCUT2D eigenvalue weighted by Gasteiger charge is -2.49. The zero-order valence-corrected chi connectivity index (χ0v) is 17.3. The fourth-order valence-corrected chi connectivity index (χ4v) is 4.45. The number of nitro groups is 1. The van der Waals surface area contributed by atoms with Crippen molar-refractivity contribution in [3.8, 4) is 0 Å². The molecule has 0 unspecified atom stereocenters. The molecule has 3 amide bonds. The molecule has 2 aliphatic rings. The normalized spacial score (nSPS) is 21.0. The Morgan fingerprint density at radius 1 is 1.41 bits per heavy atom. The first-order valence-corrected chi connectivity index (χ1v) is 10.1. The van der Waals surface area contributed by atoms with Crippen molar-refractivity contribution in [2.45, 2.75) is 32.2 Å². The molecule has 11 nitrogen and oxygen atoms in total. The minimum atomic E-state index is -0.880. The van der Waals surface area contributed by atoms with E-state index in [-0.39, 0.29) is 17.5 Å². The molecule has 1 aromatic heterocycles. The third-order valence-corrected chi connectivity index (χ3v) is 5.98. The van der Waals surface area contributed by atoms with E-state index in [9.17, 15) is 24.5 Å². The summed E-state index contributed by atoms with van der Waals surface area (Å²) in [5, 5.41) is 19.8. The predicted molar refractivity (Wildman–Crippen MR) is 105 cm³/mol. The second kappa shape index (κ2) is 7.85. The van der Waals surface area contributed by atoms with Crippen LogP contribution < -0.4 is 10.6 Å². The zero-order valence-electron chi connectivity index (χ0n) is 16.5. The van der Waals surface area contributed by atoms with E-state index in [4.69, 9.17) is 0 Å². The number of carbonyl (C=O) groups is 3. The van der Waals surface area contributed by atoms with Crippen molar-refractivity contribution in [2.24, 2.45) is 13.0 Å². The topological polar surface area (TPSA) is 139 Å². The number of nitrogens with zero attached hydrogens (tertiary/aromatic N) is 4. The SMILES string of the molecule is CC1=C(C(=O)NCC(C)C)N2C(=O)[C@H](NC(=O)c3nn(C)cc3[N+](=O)[O-])[C@H]2SC1. The standard InChI is InChI=1S/C17H22N6O5S/c1-8(2)5-18-15(25)13-9(3)7-29-17-12(16(26)22(13)17)19-14(24)11-10(23(27)28)6-21(4)20-11/h6,8,12,17H,5,7H2,1-4H3,(H,18,25)(H,19,24)/t12-,17+/m0/s1. The van der Waals surface area contributed by atoms with Crippen LogP contribution in [0.2, 0.25) is 0 Å². The van der Waals surface area contributed by atoms with E-state index in [0.29, 0.717) is 18.0 Å². The van der Waals surface area contributed by atoms with Crippen LogP contribution in [0.4, 0.5) is 5.69 Å². The van der Waals surface area contributed by atoms with E-state index in [1.807, 2.05) is 13.8 Å². The summed E-state index contributed by atoms with van der Waals surface area (Å²) < 4.78 is 1.17. The molecule has 1 fully saturated rings. The molecule has 156 valence electrons. The Bertz CT molecular complexity index is 923. The third kappa shape index (κ3) is 3.84. The highest BCUT2D eigenvalue weighted by Crippen LogP contribution is 2.40. The van der Waals surface area contributed by atoms with Crippen molar-refractivity contribution in [3.05, 3.63) is 33.3 Å². The smallest absolute Gasteiger partial charge is 0.320 e. The molecule has 0 radical (unpaired) electrons. The van der Waals surface area contributed by atoms with Crippen LogP contribution in [-0.4, -0.2) is 61.0 Å². The number of nitrogens with one attached hydrogen (secondary N) is 2. The van der Waals surface area contributed by atoms with Crippen LogP contribution in [0.15, 0.2) is 17.5 Å².